The number of esters is 2. The van der Waals surface area contributed by atoms with Crippen molar-refractivity contribution in [1.82, 2.24) is 0 Å². The van der Waals surface area contributed by atoms with Crippen LogP contribution in [0, 0.1) is 23.2 Å². The Balaban J connectivity index is 2.25. The molecule has 4 unspecified atom stereocenters. The topological polar surface area (TPSA) is 78.9 Å². The van der Waals surface area contributed by atoms with Gasteiger partial charge in [-0.1, -0.05) is 19.9 Å². The predicted molar refractivity (Wildman–Crippen MR) is 65.2 cm³/mol. The highest BCUT2D eigenvalue weighted by atomic mass is 16.7. The zero-order chi connectivity index (χ0) is 14.9. The van der Waals surface area contributed by atoms with E-state index in [0.717, 1.165) is 0 Å². The van der Waals surface area contributed by atoms with Crippen LogP contribution in [0.4, 0.5) is 0 Å². The van der Waals surface area contributed by atoms with E-state index in [0.29, 0.717) is 5.57 Å². The van der Waals surface area contributed by atoms with Crippen LogP contribution in [0.1, 0.15) is 13.8 Å². The summed E-state index contributed by atoms with van der Waals surface area (Å²) in [4.78, 5) is 36.7. The fraction of sp³-hybridized carbons (Fsp3) is 0.643. The molecule has 4 bridgehead atoms. The number of Topliss-reactive ketones (excluding diaryl/α,β-unsaturated/α-hetero) is 1. The number of carbonyl (C=O) groups excluding carboxylic acids is 3. The van der Waals surface area contributed by atoms with Gasteiger partial charge in [0, 0.05) is 18.6 Å². The van der Waals surface area contributed by atoms with Crippen LogP contribution in [0.25, 0.3) is 0 Å². The maximum absolute atomic E-state index is 12.6. The number of rotatable bonds is 2. The molecule has 2 fully saturated rings. The zero-order valence-electron chi connectivity index (χ0n) is 11.8. The number of hydrogen-bond donors (Lipinski definition) is 0. The highest BCUT2D eigenvalue weighted by molar-refractivity contribution is 6.05. The molecule has 0 aromatic rings. The van der Waals surface area contributed by atoms with Gasteiger partial charge in [0.15, 0.2) is 0 Å². The lowest BCUT2D eigenvalue weighted by Gasteiger charge is -2.50. The van der Waals surface area contributed by atoms with Crippen LogP contribution in [-0.2, 0) is 28.6 Å². The third-order valence-corrected chi connectivity index (χ3v) is 4.88. The second-order valence-corrected chi connectivity index (χ2v) is 6.02. The second kappa shape index (κ2) is 3.69. The van der Waals surface area contributed by atoms with E-state index in [9.17, 15) is 14.4 Å². The molecule has 0 aromatic heterocycles. The monoisotopic (exact) mass is 280 g/mol. The Morgan fingerprint density at radius 2 is 1.90 bits per heavy atom. The van der Waals surface area contributed by atoms with Crippen LogP contribution in [0.15, 0.2) is 11.6 Å². The summed E-state index contributed by atoms with van der Waals surface area (Å²) in [6.07, 6.45) is 1.61. The molecule has 0 radical (unpaired) electrons. The molecule has 4 aliphatic rings. The van der Waals surface area contributed by atoms with E-state index in [1.54, 1.807) is 6.08 Å². The van der Waals surface area contributed by atoms with Crippen molar-refractivity contribution in [3.8, 4) is 0 Å². The lowest BCUT2D eigenvalue weighted by molar-refractivity contribution is -0.222. The summed E-state index contributed by atoms with van der Waals surface area (Å²) in [6.45, 7) is 3.67. The first-order valence-electron chi connectivity index (χ1n) is 6.43. The molecule has 0 N–H and O–H groups in total. The zero-order valence-corrected chi connectivity index (χ0v) is 11.8. The Hall–Kier alpha value is -1.69. The fourth-order valence-corrected chi connectivity index (χ4v) is 3.86. The molecular formula is C14H16O6. The Bertz CT molecular complexity index is 560. The first-order chi connectivity index (χ1) is 9.31. The van der Waals surface area contributed by atoms with Crippen molar-refractivity contribution in [2.45, 2.75) is 19.6 Å². The average Bonchev–Trinajstić information content (AvgIpc) is 2.70. The van der Waals surface area contributed by atoms with Gasteiger partial charge in [-0.05, 0) is 5.41 Å². The first-order valence-corrected chi connectivity index (χ1v) is 6.43. The molecule has 1 aliphatic heterocycles. The Morgan fingerprint density at radius 3 is 2.45 bits per heavy atom. The summed E-state index contributed by atoms with van der Waals surface area (Å²) in [6, 6.07) is 0. The van der Waals surface area contributed by atoms with Gasteiger partial charge >= 0.3 is 11.9 Å². The Morgan fingerprint density at radius 1 is 1.25 bits per heavy atom. The van der Waals surface area contributed by atoms with E-state index in [1.807, 2.05) is 13.8 Å². The second-order valence-electron chi connectivity index (χ2n) is 6.02. The van der Waals surface area contributed by atoms with Gasteiger partial charge in [-0.2, -0.15) is 0 Å². The van der Waals surface area contributed by atoms with Gasteiger partial charge in [-0.25, -0.2) is 4.79 Å². The largest absolute Gasteiger partial charge is 0.466 e. The van der Waals surface area contributed by atoms with E-state index in [-0.39, 0.29) is 5.78 Å². The summed E-state index contributed by atoms with van der Waals surface area (Å²) in [5.41, 5.74) is -0.302. The van der Waals surface area contributed by atoms with Crippen LogP contribution in [0.5, 0.6) is 0 Å². The van der Waals surface area contributed by atoms with E-state index in [4.69, 9.17) is 14.2 Å². The van der Waals surface area contributed by atoms with Crippen LogP contribution >= 0.6 is 0 Å². The normalized spacial score (nSPS) is 40.4. The molecular weight excluding hydrogens is 264 g/mol. The third-order valence-electron chi connectivity index (χ3n) is 4.88. The van der Waals surface area contributed by atoms with Crippen molar-refractivity contribution < 1.29 is 28.6 Å². The Kier molecular flexibility index (Phi) is 2.46. The molecule has 4 rings (SSSR count). The molecule has 1 heterocycles. The van der Waals surface area contributed by atoms with Gasteiger partial charge in [0.05, 0.1) is 18.9 Å². The highest BCUT2D eigenvalue weighted by Gasteiger charge is 2.75. The number of carbonyl (C=O) groups is 3. The smallest absolute Gasteiger partial charge is 0.334 e. The number of allylic oxidation sites excluding steroid dienone is 1. The third kappa shape index (κ3) is 1.21. The fourth-order valence-electron chi connectivity index (χ4n) is 3.86. The number of hydrogen-bond acceptors (Lipinski definition) is 6. The minimum atomic E-state index is -1.67. The van der Waals surface area contributed by atoms with E-state index in [1.165, 1.54) is 14.2 Å². The first kappa shape index (κ1) is 13.3. The summed E-state index contributed by atoms with van der Waals surface area (Å²) in [5, 5.41) is 0. The molecule has 108 valence electrons. The van der Waals surface area contributed by atoms with Crippen LogP contribution < -0.4 is 0 Å². The molecule has 4 atom stereocenters. The summed E-state index contributed by atoms with van der Waals surface area (Å²) < 4.78 is 15.3. The number of ketones is 1. The van der Waals surface area contributed by atoms with Gasteiger partial charge < -0.3 is 14.2 Å². The van der Waals surface area contributed by atoms with E-state index in [2.05, 4.69) is 0 Å². The van der Waals surface area contributed by atoms with Crippen molar-refractivity contribution in [1.29, 1.82) is 0 Å². The lowest BCUT2D eigenvalue weighted by Crippen LogP contribution is -2.62. The molecule has 6 heteroatoms. The van der Waals surface area contributed by atoms with Crippen LogP contribution in [0.3, 0.4) is 0 Å². The lowest BCUT2D eigenvalue weighted by atomic mass is 9.51. The quantitative estimate of drug-likeness (QED) is 0.684. The minimum absolute atomic E-state index is 0.300. The molecule has 3 aliphatic carbocycles. The van der Waals surface area contributed by atoms with Crippen molar-refractivity contribution in [2.75, 3.05) is 14.2 Å². The molecule has 0 amide bonds. The summed E-state index contributed by atoms with van der Waals surface area (Å²) in [7, 11) is 2.58. The van der Waals surface area contributed by atoms with E-state index < -0.39 is 40.9 Å². The number of methoxy groups -OCH3 is 2. The van der Waals surface area contributed by atoms with Crippen molar-refractivity contribution in [2.24, 2.45) is 23.2 Å². The number of ether oxygens (including phenoxy) is 3. The minimum Gasteiger partial charge on any atom is -0.466 e. The SMILES string of the molecule is COC(=O)C1=CC2C(=O)C3(OC)OC(=O)C(C13)C2(C)C. The molecule has 6 nitrogen and oxygen atoms in total. The molecule has 1 saturated carbocycles. The van der Waals surface area contributed by atoms with Crippen molar-refractivity contribution >= 4 is 17.7 Å². The van der Waals surface area contributed by atoms with E-state index >= 15 is 0 Å². The van der Waals surface area contributed by atoms with Crippen molar-refractivity contribution in [3.63, 3.8) is 0 Å². The van der Waals surface area contributed by atoms with Gasteiger partial charge in [-0.3, -0.25) is 9.59 Å². The molecule has 1 saturated heterocycles. The summed E-state index contributed by atoms with van der Waals surface area (Å²) >= 11 is 0. The summed E-state index contributed by atoms with van der Waals surface area (Å²) in [5.74, 6) is -4.92. The maximum Gasteiger partial charge on any atom is 0.334 e. The standard InChI is InChI=1S/C14H16O6/c1-13(2)7-5-6(11(16)18-3)8-9(13)12(17)20-14(8,19-4)10(7)15/h5,7-9H,1-4H3. The van der Waals surface area contributed by atoms with Crippen molar-refractivity contribution in [3.05, 3.63) is 11.6 Å². The highest BCUT2D eigenvalue weighted by Crippen LogP contribution is 2.62. The molecule has 0 spiro atoms. The average molecular weight is 280 g/mol. The molecule has 0 aromatic carbocycles. The maximum atomic E-state index is 12.6. The van der Waals surface area contributed by atoms with Gasteiger partial charge in [0.1, 0.15) is 0 Å². The van der Waals surface area contributed by atoms with Gasteiger partial charge in [0.25, 0.3) is 5.79 Å². The van der Waals surface area contributed by atoms with Gasteiger partial charge in [-0.15, -0.1) is 0 Å². The predicted octanol–water partition coefficient (Wildman–Crippen LogP) is 0.456. The van der Waals surface area contributed by atoms with Gasteiger partial charge in [0.2, 0.25) is 5.78 Å². The van der Waals surface area contributed by atoms with Crippen LogP contribution in [0.2, 0.25) is 0 Å². The Labute approximate surface area is 116 Å². The van der Waals surface area contributed by atoms with Crippen LogP contribution in [-0.4, -0.2) is 37.7 Å². The molecule has 20 heavy (non-hydrogen) atoms.